The molecule has 1 aliphatic heterocycles. The van der Waals surface area contributed by atoms with Gasteiger partial charge in [0.2, 0.25) is 5.91 Å². The van der Waals surface area contributed by atoms with Crippen LogP contribution in [-0.4, -0.2) is 19.1 Å². The number of benzene rings is 2. The highest BCUT2D eigenvalue weighted by atomic mass is 79.9. The second-order valence-corrected chi connectivity index (χ2v) is 6.19. The number of hydrogen-bond donors (Lipinski definition) is 2. The molecule has 0 fully saturated rings. The Morgan fingerprint density at radius 2 is 2.13 bits per heavy atom. The molecule has 0 aliphatic carbocycles. The minimum Gasteiger partial charge on any atom is -0.493 e. The van der Waals surface area contributed by atoms with Crippen LogP contribution >= 0.6 is 15.9 Å². The molecule has 4 nitrogen and oxygen atoms in total. The number of ether oxygens (including phenoxy) is 1. The summed E-state index contributed by atoms with van der Waals surface area (Å²) in [5, 5.41) is 5.78. The molecule has 0 bridgehead atoms. The van der Waals surface area contributed by atoms with Gasteiger partial charge in [0.1, 0.15) is 11.6 Å². The Labute approximate surface area is 142 Å². The molecule has 0 aromatic heterocycles. The van der Waals surface area contributed by atoms with Gasteiger partial charge in [-0.1, -0.05) is 34.1 Å². The van der Waals surface area contributed by atoms with E-state index in [1.807, 2.05) is 24.3 Å². The van der Waals surface area contributed by atoms with Crippen molar-refractivity contribution in [3.8, 4) is 5.75 Å². The van der Waals surface area contributed by atoms with E-state index in [2.05, 4.69) is 26.6 Å². The number of anilines is 1. The molecule has 0 radical (unpaired) electrons. The van der Waals surface area contributed by atoms with Gasteiger partial charge in [0.15, 0.2) is 0 Å². The minimum atomic E-state index is -0.399. The monoisotopic (exact) mass is 378 g/mol. The van der Waals surface area contributed by atoms with E-state index in [1.54, 1.807) is 12.1 Å². The zero-order chi connectivity index (χ0) is 16.2. The van der Waals surface area contributed by atoms with Gasteiger partial charge in [-0.25, -0.2) is 4.39 Å². The van der Waals surface area contributed by atoms with Crippen molar-refractivity contribution in [2.45, 2.75) is 12.5 Å². The van der Waals surface area contributed by atoms with Crippen LogP contribution in [0.2, 0.25) is 0 Å². The fourth-order valence-electron chi connectivity index (χ4n) is 2.55. The Bertz CT molecular complexity index is 723. The number of nitrogens with one attached hydrogen (secondary N) is 2. The zero-order valence-electron chi connectivity index (χ0n) is 12.3. The Morgan fingerprint density at radius 3 is 2.96 bits per heavy atom. The fourth-order valence-corrected chi connectivity index (χ4v) is 2.88. The minimum absolute atomic E-state index is 0.0120. The molecule has 120 valence electrons. The molecule has 2 N–H and O–H groups in total. The van der Waals surface area contributed by atoms with Crippen LogP contribution in [-0.2, 0) is 4.79 Å². The van der Waals surface area contributed by atoms with Gasteiger partial charge in [-0.05, 0) is 24.3 Å². The van der Waals surface area contributed by atoms with Crippen LogP contribution < -0.4 is 15.4 Å². The second kappa shape index (κ2) is 7.00. The predicted molar refractivity (Wildman–Crippen MR) is 90.0 cm³/mol. The molecule has 1 aliphatic rings. The maximum atomic E-state index is 13.7. The summed E-state index contributed by atoms with van der Waals surface area (Å²) >= 11 is 3.20. The van der Waals surface area contributed by atoms with E-state index in [0.29, 0.717) is 16.8 Å². The number of hydrogen-bond acceptors (Lipinski definition) is 3. The van der Waals surface area contributed by atoms with Gasteiger partial charge in [0.25, 0.3) is 0 Å². The quantitative estimate of drug-likeness (QED) is 0.853. The van der Waals surface area contributed by atoms with Crippen LogP contribution in [0, 0.1) is 5.82 Å². The summed E-state index contributed by atoms with van der Waals surface area (Å²) in [5.41, 5.74) is 1.28. The van der Waals surface area contributed by atoms with Crippen LogP contribution in [0.25, 0.3) is 0 Å². The molecule has 2 aromatic rings. The number of para-hydroxylation sites is 1. The lowest BCUT2D eigenvalue weighted by Crippen LogP contribution is -2.35. The van der Waals surface area contributed by atoms with Gasteiger partial charge >= 0.3 is 0 Å². The van der Waals surface area contributed by atoms with Crippen molar-refractivity contribution in [2.24, 2.45) is 0 Å². The molecule has 1 amide bonds. The molecule has 6 heteroatoms. The van der Waals surface area contributed by atoms with E-state index in [1.165, 1.54) is 6.07 Å². The largest absolute Gasteiger partial charge is 0.493 e. The van der Waals surface area contributed by atoms with E-state index in [9.17, 15) is 9.18 Å². The van der Waals surface area contributed by atoms with Gasteiger partial charge < -0.3 is 15.4 Å². The third kappa shape index (κ3) is 3.82. The van der Waals surface area contributed by atoms with Crippen LogP contribution in [0.1, 0.15) is 18.0 Å². The molecule has 1 unspecified atom stereocenters. The third-order valence-electron chi connectivity index (χ3n) is 3.66. The lowest BCUT2D eigenvalue weighted by Gasteiger charge is -2.26. The molecule has 0 spiro atoms. The van der Waals surface area contributed by atoms with Crippen molar-refractivity contribution in [1.29, 1.82) is 0 Å². The van der Waals surface area contributed by atoms with Crippen molar-refractivity contribution in [3.63, 3.8) is 0 Å². The Morgan fingerprint density at radius 1 is 1.30 bits per heavy atom. The first-order valence-electron chi connectivity index (χ1n) is 7.33. The topological polar surface area (TPSA) is 50.4 Å². The standard InChI is InChI=1S/C17H16BrFN2O2/c18-11-5-6-15(13(19)9-11)20-10-17(22)21-14-7-8-23-16-4-2-1-3-12(14)16/h1-6,9,14,20H,7-8,10H2,(H,21,22). The molecule has 0 saturated carbocycles. The third-order valence-corrected chi connectivity index (χ3v) is 4.16. The lowest BCUT2D eigenvalue weighted by atomic mass is 10.0. The summed E-state index contributed by atoms with van der Waals surface area (Å²) in [6, 6.07) is 12.3. The first-order valence-corrected chi connectivity index (χ1v) is 8.13. The van der Waals surface area contributed by atoms with Crippen LogP contribution in [0.15, 0.2) is 46.9 Å². The molecule has 23 heavy (non-hydrogen) atoms. The van der Waals surface area contributed by atoms with E-state index in [0.717, 1.165) is 17.7 Å². The lowest BCUT2D eigenvalue weighted by molar-refractivity contribution is -0.120. The van der Waals surface area contributed by atoms with Gasteiger partial charge in [-0.15, -0.1) is 0 Å². The molecule has 0 saturated heterocycles. The average molecular weight is 379 g/mol. The van der Waals surface area contributed by atoms with Crippen molar-refractivity contribution in [2.75, 3.05) is 18.5 Å². The summed E-state index contributed by atoms with van der Waals surface area (Å²) in [6.45, 7) is 0.578. The van der Waals surface area contributed by atoms with Crippen LogP contribution in [0.4, 0.5) is 10.1 Å². The van der Waals surface area contributed by atoms with E-state index in [-0.39, 0.29) is 18.5 Å². The highest BCUT2D eigenvalue weighted by Crippen LogP contribution is 2.31. The van der Waals surface area contributed by atoms with Crippen LogP contribution in [0.3, 0.4) is 0 Å². The summed E-state index contributed by atoms with van der Waals surface area (Å²) < 4.78 is 19.9. The van der Waals surface area contributed by atoms with E-state index >= 15 is 0 Å². The maximum absolute atomic E-state index is 13.7. The van der Waals surface area contributed by atoms with Crippen molar-refractivity contribution in [3.05, 3.63) is 58.3 Å². The number of carbonyl (C=O) groups is 1. The summed E-state index contributed by atoms with van der Waals surface area (Å²) in [7, 11) is 0. The number of halogens is 2. The number of rotatable bonds is 4. The van der Waals surface area contributed by atoms with Gasteiger partial charge in [-0.3, -0.25) is 4.79 Å². The van der Waals surface area contributed by atoms with E-state index in [4.69, 9.17) is 4.74 Å². The van der Waals surface area contributed by atoms with Gasteiger partial charge in [0.05, 0.1) is 24.9 Å². The van der Waals surface area contributed by atoms with E-state index < -0.39 is 5.82 Å². The number of fused-ring (bicyclic) bond motifs is 1. The molecular formula is C17H16BrFN2O2. The van der Waals surface area contributed by atoms with Crippen molar-refractivity contribution in [1.82, 2.24) is 5.32 Å². The Kier molecular flexibility index (Phi) is 4.81. The molecule has 2 aromatic carbocycles. The number of carbonyl (C=O) groups excluding carboxylic acids is 1. The highest BCUT2D eigenvalue weighted by Gasteiger charge is 2.22. The Balaban J connectivity index is 1.60. The van der Waals surface area contributed by atoms with Crippen LogP contribution in [0.5, 0.6) is 5.75 Å². The molecular weight excluding hydrogens is 363 g/mol. The summed E-state index contributed by atoms with van der Waals surface area (Å²) in [6.07, 6.45) is 0.718. The molecule has 3 rings (SSSR count). The normalized spacial score (nSPS) is 16.2. The second-order valence-electron chi connectivity index (χ2n) is 5.27. The first-order chi connectivity index (χ1) is 11.1. The Hall–Kier alpha value is -2.08. The summed E-state index contributed by atoms with van der Waals surface area (Å²) in [5.74, 6) is 0.216. The van der Waals surface area contributed by atoms with Crippen molar-refractivity contribution >= 4 is 27.5 Å². The highest BCUT2D eigenvalue weighted by molar-refractivity contribution is 9.10. The SMILES string of the molecule is O=C(CNc1ccc(Br)cc1F)NC1CCOc2ccccc21. The number of amides is 1. The first kappa shape index (κ1) is 15.8. The molecule has 1 atom stereocenters. The average Bonchev–Trinajstić information content (AvgIpc) is 2.54. The van der Waals surface area contributed by atoms with Crippen molar-refractivity contribution < 1.29 is 13.9 Å². The fraction of sp³-hybridized carbons (Fsp3) is 0.235. The smallest absolute Gasteiger partial charge is 0.239 e. The predicted octanol–water partition coefficient (Wildman–Crippen LogP) is 3.64. The van der Waals surface area contributed by atoms with Gasteiger partial charge in [-0.2, -0.15) is 0 Å². The molecule has 1 heterocycles. The summed E-state index contributed by atoms with van der Waals surface area (Å²) in [4.78, 5) is 12.1. The zero-order valence-corrected chi connectivity index (χ0v) is 13.9. The van der Waals surface area contributed by atoms with Gasteiger partial charge in [0, 0.05) is 16.5 Å². The maximum Gasteiger partial charge on any atom is 0.239 e.